The van der Waals surface area contributed by atoms with Crippen molar-refractivity contribution in [3.05, 3.63) is 12.7 Å². The highest BCUT2D eigenvalue weighted by Gasteiger charge is 2.25. The van der Waals surface area contributed by atoms with Gasteiger partial charge in [0.05, 0.1) is 11.3 Å². The van der Waals surface area contributed by atoms with Crippen molar-refractivity contribution in [3.63, 3.8) is 0 Å². The highest BCUT2D eigenvalue weighted by molar-refractivity contribution is 7.85. The Morgan fingerprint density at radius 1 is 1.04 bits per heavy atom. The molecule has 0 heterocycles. The van der Waals surface area contributed by atoms with E-state index >= 15 is 0 Å². The highest BCUT2D eigenvalue weighted by Crippen LogP contribution is 2.24. The van der Waals surface area contributed by atoms with Gasteiger partial charge in [-0.25, -0.2) is 0 Å². The van der Waals surface area contributed by atoms with Crippen molar-refractivity contribution < 1.29 is 17.8 Å². The van der Waals surface area contributed by atoms with Gasteiger partial charge in [0.15, 0.2) is 0 Å². The molecule has 7 heteroatoms. The Morgan fingerprint density at radius 3 is 1.67 bits per heavy atom. The number of rotatable bonds is 13. The van der Waals surface area contributed by atoms with Crippen LogP contribution in [0.1, 0.15) is 92.4 Å². The molecule has 0 aromatic rings. The molecule has 0 aliphatic heterocycles. The first kappa shape index (κ1) is 28.3. The predicted molar refractivity (Wildman–Crippen MR) is 114 cm³/mol. The van der Waals surface area contributed by atoms with Gasteiger partial charge < -0.3 is 11.1 Å². The molecule has 0 fully saturated rings. The van der Waals surface area contributed by atoms with Crippen molar-refractivity contribution in [2.45, 2.75) is 103 Å². The maximum atomic E-state index is 10.8. The molecule has 0 spiro atoms. The largest absolute Gasteiger partial charge is 0.347 e. The van der Waals surface area contributed by atoms with Gasteiger partial charge in [-0.3, -0.25) is 9.35 Å². The topological polar surface area (TPSA) is 109 Å². The number of nitrogens with two attached hydrogens (primary N) is 1. The second kappa shape index (κ2) is 14.1. The molecule has 4 N–H and O–H groups in total. The summed E-state index contributed by atoms with van der Waals surface area (Å²) in [7, 11) is -4.08. The molecule has 0 aliphatic carbocycles. The van der Waals surface area contributed by atoms with Crippen LogP contribution in [-0.2, 0) is 14.9 Å². The third kappa shape index (κ3) is 18.2. The van der Waals surface area contributed by atoms with Gasteiger partial charge in [-0.05, 0) is 39.2 Å². The summed E-state index contributed by atoms with van der Waals surface area (Å²) in [6.45, 7) is 12.9. The van der Waals surface area contributed by atoms with Crippen LogP contribution < -0.4 is 11.1 Å². The zero-order chi connectivity index (χ0) is 21.6. The number of nitrogens with one attached hydrogen (secondary N) is 1. The van der Waals surface area contributed by atoms with Crippen molar-refractivity contribution in [2.75, 3.05) is 5.75 Å². The molecule has 0 atom stereocenters. The van der Waals surface area contributed by atoms with Crippen molar-refractivity contribution >= 4 is 16.0 Å². The smallest absolute Gasteiger partial charge is 0.267 e. The minimum Gasteiger partial charge on any atom is -0.347 e. The van der Waals surface area contributed by atoms with E-state index in [0.717, 1.165) is 6.08 Å². The average molecular weight is 407 g/mol. The van der Waals surface area contributed by atoms with Gasteiger partial charge >= 0.3 is 0 Å². The van der Waals surface area contributed by atoms with E-state index in [9.17, 15) is 13.2 Å². The van der Waals surface area contributed by atoms with Gasteiger partial charge in [-0.1, -0.05) is 65.9 Å². The summed E-state index contributed by atoms with van der Waals surface area (Å²) in [6.07, 6.45) is 12.4. The Labute approximate surface area is 167 Å². The maximum absolute atomic E-state index is 10.8. The molecule has 1 amide bonds. The molecule has 0 radical (unpaired) electrons. The Bertz CT molecular complexity index is 494. The Hall–Kier alpha value is -0.920. The van der Waals surface area contributed by atoms with Gasteiger partial charge in [0, 0.05) is 5.54 Å². The first-order valence-corrected chi connectivity index (χ1v) is 11.6. The van der Waals surface area contributed by atoms with Gasteiger partial charge in [-0.2, -0.15) is 8.42 Å². The number of unbranched alkanes of at least 4 members (excludes halogenated alkanes) is 3. The molecule has 0 rings (SSSR count). The Kier molecular flexibility index (Phi) is 14.8. The van der Waals surface area contributed by atoms with Crippen LogP contribution in [0.5, 0.6) is 0 Å². The van der Waals surface area contributed by atoms with E-state index in [1.54, 1.807) is 0 Å². The second-order valence-corrected chi connectivity index (χ2v) is 9.43. The summed E-state index contributed by atoms with van der Waals surface area (Å²) in [5, 5.41) is 2.37. The minimum atomic E-state index is -4.08. The van der Waals surface area contributed by atoms with Crippen LogP contribution in [0.3, 0.4) is 0 Å². The first-order chi connectivity index (χ1) is 12.3. The minimum absolute atomic E-state index is 0.155. The van der Waals surface area contributed by atoms with E-state index in [-0.39, 0.29) is 5.54 Å². The normalized spacial score (nSPS) is 12.1. The third-order valence-electron chi connectivity index (χ3n) is 4.27. The van der Waals surface area contributed by atoms with Crippen LogP contribution in [0.15, 0.2) is 12.7 Å². The molecular weight excluding hydrogens is 364 g/mol. The van der Waals surface area contributed by atoms with Crippen LogP contribution >= 0.6 is 0 Å². The van der Waals surface area contributed by atoms with Crippen LogP contribution in [0.25, 0.3) is 0 Å². The molecule has 0 aliphatic rings. The van der Waals surface area contributed by atoms with E-state index in [0.29, 0.717) is 0 Å². The number of amides is 1. The Balaban J connectivity index is 0. The molecule has 27 heavy (non-hydrogen) atoms. The molecule has 0 saturated heterocycles. The maximum Gasteiger partial charge on any atom is 0.267 e. The van der Waals surface area contributed by atoms with Crippen molar-refractivity contribution in [1.29, 1.82) is 0 Å². The van der Waals surface area contributed by atoms with Crippen molar-refractivity contribution in [1.82, 2.24) is 5.32 Å². The molecule has 0 saturated carbocycles. The third-order valence-corrected chi connectivity index (χ3v) is 5.36. The lowest BCUT2D eigenvalue weighted by molar-refractivity contribution is -0.117. The standard InChI is InChI=1S/C13H29N.C7H13NO4S/c1-4-7-10-13(14,11-8-5-2)12-9-6-3;1-4-6(9)8-7(2,3)5-13(10,11)12/h4-12,14H2,1-3H3;4H,1,5H2,2-3H3,(H,8,9)(H,10,11,12). The number of hydrogen-bond donors (Lipinski definition) is 3. The molecule has 162 valence electrons. The lowest BCUT2D eigenvalue weighted by atomic mass is 9.84. The fourth-order valence-electron chi connectivity index (χ4n) is 2.84. The molecule has 6 nitrogen and oxygen atoms in total. The lowest BCUT2D eigenvalue weighted by Gasteiger charge is -2.29. The molecule has 0 bridgehead atoms. The SMILES string of the molecule is C=CC(=O)NC(C)(C)CS(=O)(=O)O.CCCCC(N)(CCCC)CCCC. The van der Waals surface area contributed by atoms with Gasteiger partial charge in [0.25, 0.3) is 10.1 Å². The zero-order valence-electron chi connectivity index (χ0n) is 18.0. The van der Waals surface area contributed by atoms with E-state index < -0.39 is 27.3 Å². The lowest BCUT2D eigenvalue weighted by Crippen LogP contribution is -2.47. The fourth-order valence-corrected chi connectivity index (χ4v) is 3.82. The summed E-state index contributed by atoms with van der Waals surface area (Å²) in [5.41, 5.74) is 5.61. The van der Waals surface area contributed by atoms with Crippen LogP contribution in [0.4, 0.5) is 0 Å². The summed E-state index contributed by atoms with van der Waals surface area (Å²) in [6, 6.07) is 0. The molecule has 0 aromatic heterocycles. The van der Waals surface area contributed by atoms with Gasteiger partial charge in [-0.15, -0.1) is 0 Å². The predicted octanol–water partition coefficient (Wildman–Crippen LogP) is 4.21. The second-order valence-electron chi connectivity index (χ2n) is 7.98. The summed E-state index contributed by atoms with van der Waals surface area (Å²) >= 11 is 0. The molecular formula is C20H42N2O4S. The molecule has 0 unspecified atom stereocenters. The van der Waals surface area contributed by atoms with Crippen LogP contribution in [0.2, 0.25) is 0 Å². The average Bonchev–Trinajstić information content (AvgIpc) is 2.54. The monoisotopic (exact) mass is 406 g/mol. The van der Waals surface area contributed by atoms with E-state index in [1.807, 2.05) is 0 Å². The number of hydrogen-bond acceptors (Lipinski definition) is 4. The van der Waals surface area contributed by atoms with Crippen LogP contribution in [-0.4, -0.2) is 35.7 Å². The quantitative estimate of drug-likeness (QED) is 0.313. The molecule has 0 aromatic carbocycles. The fraction of sp³-hybridized carbons (Fsp3) is 0.850. The zero-order valence-corrected chi connectivity index (χ0v) is 18.8. The van der Waals surface area contributed by atoms with E-state index in [2.05, 4.69) is 32.7 Å². The van der Waals surface area contributed by atoms with Crippen molar-refractivity contribution in [2.24, 2.45) is 5.73 Å². The highest BCUT2D eigenvalue weighted by atomic mass is 32.2. The van der Waals surface area contributed by atoms with Gasteiger partial charge in [0.2, 0.25) is 5.91 Å². The Morgan fingerprint density at radius 2 is 1.41 bits per heavy atom. The van der Waals surface area contributed by atoms with Gasteiger partial charge in [0.1, 0.15) is 0 Å². The summed E-state index contributed by atoms with van der Waals surface area (Å²) < 4.78 is 29.5. The number of carbonyl (C=O) groups is 1. The van der Waals surface area contributed by atoms with Crippen LogP contribution in [0, 0.1) is 0 Å². The first-order valence-electron chi connectivity index (χ1n) is 10.0. The van der Waals surface area contributed by atoms with E-state index in [1.165, 1.54) is 71.6 Å². The summed E-state index contributed by atoms with van der Waals surface area (Å²) in [5.74, 6) is -1.01. The number of carbonyl (C=O) groups excluding carboxylic acids is 1. The van der Waals surface area contributed by atoms with Crippen molar-refractivity contribution in [3.8, 4) is 0 Å². The summed E-state index contributed by atoms with van der Waals surface area (Å²) in [4.78, 5) is 10.8. The van der Waals surface area contributed by atoms with E-state index in [4.69, 9.17) is 10.3 Å².